The molecule has 3 rings (SSSR count). The van der Waals surface area contributed by atoms with Crippen molar-refractivity contribution in [2.75, 3.05) is 16.2 Å². The number of carbonyl (C=O) groups excluding carboxylic acids is 1. The van der Waals surface area contributed by atoms with Crippen LogP contribution in [0.25, 0.3) is 0 Å². The molecule has 0 fully saturated rings. The maximum atomic E-state index is 13.2. The molecule has 0 radical (unpaired) electrons. The average Bonchev–Trinajstić information content (AvgIpc) is 2.74. The van der Waals surface area contributed by atoms with Crippen molar-refractivity contribution in [2.45, 2.75) is 11.1 Å². The average molecular weight is 503 g/mol. The number of amides is 1. The molecule has 3 aromatic rings. The van der Waals surface area contributed by atoms with Gasteiger partial charge in [-0.1, -0.05) is 53.5 Å². The van der Waals surface area contributed by atoms with Gasteiger partial charge in [0, 0.05) is 0 Å². The lowest BCUT2D eigenvalue weighted by Gasteiger charge is -2.25. The van der Waals surface area contributed by atoms with E-state index in [1.165, 1.54) is 54.6 Å². The number of carbonyl (C=O) groups is 1. The van der Waals surface area contributed by atoms with Crippen LogP contribution in [0.5, 0.6) is 0 Å². The van der Waals surface area contributed by atoms with Gasteiger partial charge in [-0.3, -0.25) is 9.10 Å². The fourth-order valence-electron chi connectivity index (χ4n) is 2.83. The van der Waals surface area contributed by atoms with Crippen molar-refractivity contribution in [1.29, 1.82) is 0 Å². The van der Waals surface area contributed by atoms with Gasteiger partial charge >= 0.3 is 6.18 Å². The van der Waals surface area contributed by atoms with E-state index in [2.05, 4.69) is 5.32 Å². The fourth-order valence-corrected chi connectivity index (χ4v) is 4.56. The first-order valence-electron chi connectivity index (χ1n) is 8.99. The number of nitrogens with zero attached hydrogens (tertiary/aromatic N) is 1. The number of halogens is 5. The van der Waals surface area contributed by atoms with Gasteiger partial charge in [0.25, 0.3) is 10.0 Å². The van der Waals surface area contributed by atoms with Crippen LogP contribution in [0.1, 0.15) is 5.56 Å². The largest absolute Gasteiger partial charge is 0.418 e. The highest BCUT2D eigenvalue weighted by molar-refractivity contribution is 7.92. The number of benzene rings is 3. The molecule has 3 aromatic carbocycles. The summed E-state index contributed by atoms with van der Waals surface area (Å²) in [5.74, 6) is -0.979. The first-order valence-corrected chi connectivity index (χ1v) is 11.2. The molecule has 0 aliphatic heterocycles. The van der Waals surface area contributed by atoms with E-state index in [0.717, 1.165) is 16.4 Å². The molecule has 5 nitrogen and oxygen atoms in total. The maximum Gasteiger partial charge on any atom is 0.418 e. The topological polar surface area (TPSA) is 66.5 Å². The van der Waals surface area contributed by atoms with Gasteiger partial charge in [-0.05, 0) is 42.5 Å². The Labute approximate surface area is 192 Å². The molecule has 0 bridgehead atoms. The minimum Gasteiger partial charge on any atom is -0.324 e. The normalized spacial score (nSPS) is 11.8. The lowest BCUT2D eigenvalue weighted by molar-refractivity contribution is -0.137. The van der Waals surface area contributed by atoms with Crippen LogP contribution in [0.2, 0.25) is 10.0 Å². The Morgan fingerprint density at radius 2 is 1.53 bits per heavy atom. The number of nitrogens with one attached hydrogen (secondary N) is 1. The van der Waals surface area contributed by atoms with E-state index in [0.29, 0.717) is 0 Å². The van der Waals surface area contributed by atoms with E-state index in [1.807, 2.05) is 0 Å². The molecule has 0 aromatic heterocycles. The Hall–Kier alpha value is -2.75. The molecule has 1 N–H and O–H groups in total. The van der Waals surface area contributed by atoms with Crippen LogP contribution in [0.3, 0.4) is 0 Å². The summed E-state index contributed by atoms with van der Waals surface area (Å²) in [7, 11) is -4.26. The van der Waals surface area contributed by atoms with Gasteiger partial charge < -0.3 is 5.32 Å². The zero-order chi connectivity index (χ0) is 23.5. The Morgan fingerprint density at radius 1 is 0.906 bits per heavy atom. The molecule has 1 amide bonds. The summed E-state index contributed by atoms with van der Waals surface area (Å²) >= 11 is 11.9. The molecular weight excluding hydrogens is 488 g/mol. The Bertz CT molecular complexity index is 1240. The highest BCUT2D eigenvalue weighted by Gasteiger charge is 2.34. The van der Waals surface area contributed by atoms with Crippen LogP contribution in [0.4, 0.5) is 24.5 Å². The lowest BCUT2D eigenvalue weighted by Crippen LogP contribution is -2.38. The van der Waals surface area contributed by atoms with E-state index in [-0.39, 0.29) is 20.6 Å². The SMILES string of the molecule is O=C(CN(c1ccc(Cl)c(Cl)c1)S(=O)(=O)c1ccccc1)Nc1ccccc1C(F)(F)F. The van der Waals surface area contributed by atoms with Crippen molar-refractivity contribution in [1.82, 2.24) is 0 Å². The fraction of sp³-hybridized carbons (Fsp3) is 0.0952. The smallest absolute Gasteiger partial charge is 0.324 e. The second kappa shape index (κ2) is 9.40. The molecule has 0 aliphatic rings. The Morgan fingerprint density at radius 3 is 2.16 bits per heavy atom. The summed E-state index contributed by atoms with van der Waals surface area (Å²) in [6, 6.07) is 15.6. The number of hydrogen-bond acceptors (Lipinski definition) is 3. The van der Waals surface area contributed by atoms with Gasteiger partial charge in [-0.15, -0.1) is 0 Å². The standard InChI is InChI=1S/C21H15Cl2F3N2O3S/c22-17-11-10-14(12-18(17)23)28(32(30,31)15-6-2-1-3-7-15)13-20(29)27-19-9-5-4-8-16(19)21(24,25)26/h1-12H,13H2,(H,27,29). The quantitative estimate of drug-likeness (QED) is 0.459. The van der Waals surface area contributed by atoms with E-state index in [9.17, 15) is 26.4 Å². The highest BCUT2D eigenvalue weighted by Crippen LogP contribution is 2.35. The van der Waals surface area contributed by atoms with Crippen molar-refractivity contribution in [3.05, 3.63) is 88.4 Å². The predicted molar refractivity (Wildman–Crippen MR) is 118 cm³/mol. The van der Waals surface area contributed by atoms with Crippen molar-refractivity contribution >= 4 is 50.5 Å². The van der Waals surface area contributed by atoms with Crippen LogP contribution in [0.15, 0.2) is 77.7 Å². The van der Waals surface area contributed by atoms with E-state index < -0.39 is 39.9 Å². The Kier molecular flexibility index (Phi) is 7.02. The number of rotatable bonds is 6. The van der Waals surface area contributed by atoms with Gasteiger partial charge in [0.1, 0.15) is 6.54 Å². The van der Waals surface area contributed by atoms with Crippen molar-refractivity contribution in [3.8, 4) is 0 Å². The van der Waals surface area contributed by atoms with Gasteiger partial charge in [-0.2, -0.15) is 13.2 Å². The molecule has 0 atom stereocenters. The van der Waals surface area contributed by atoms with Crippen molar-refractivity contribution in [2.24, 2.45) is 0 Å². The molecular formula is C21H15Cl2F3N2O3S. The zero-order valence-electron chi connectivity index (χ0n) is 16.1. The molecule has 11 heteroatoms. The summed E-state index contributed by atoms with van der Waals surface area (Å²) in [5, 5.41) is 2.35. The van der Waals surface area contributed by atoms with E-state index in [1.54, 1.807) is 6.07 Å². The molecule has 0 saturated heterocycles. The predicted octanol–water partition coefficient (Wildman–Crippen LogP) is 5.85. The third kappa shape index (κ3) is 5.35. The summed E-state index contributed by atoms with van der Waals surface area (Å²) < 4.78 is 66.9. The summed E-state index contributed by atoms with van der Waals surface area (Å²) in [5.41, 5.74) is -1.53. The number of sulfonamides is 1. The van der Waals surface area contributed by atoms with Gasteiger partial charge in [0.2, 0.25) is 5.91 Å². The van der Waals surface area contributed by atoms with Crippen LogP contribution >= 0.6 is 23.2 Å². The monoisotopic (exact) mass is 502 g/mol. The molecule has 0 unspecified atom stereocenters. The molecule has 168 valence electrons. The molecule has 32 heavy (non-hydrogen) atoms. The summed E-state index contributed by atoms with van der Waals surface area (Å²) in [6.07, 6.45) is -4.70. The van der Waals surface area contributed by atoms with Gasteiger partial charge in [0.05, 0.1) is 31.9 Å². The van der Waals surface area contributed by atoms with Crippen LogP contribution in [-0.4, -0.2) is 20.9 Å². The first-order chi connectivity index (χ1) is 15.0. The van der Waals surface area contributed by atoms with Crippen LogP contribution < -0.4 is 9.62 Å². The minimum absolute atomic E-state index is 0.0162. The van der Waals surface area contributed by atoms with Crippen molar-refractivity contribution in [3.63, 3.8) is 0 Å². The zero-order valence-corrected chi connectivity index (χ0v) is 18.4. The van der Waals surface area contributed by atoms with Crippen LogP contribution in [0, 0.1) is 0 Å². The van der Waals surface area contributed by atoms with E-state index in [4.69, 9.17) is 23.2 Å². The molecule has 0 spiro atoms. The first kappa shape index (κ1) is 23.9. The van der Waals surface area contributed by atoms with Gasteiger partial charge in [-0.25, -0.2) is 8.42 Å². The Balaban J connectivity index is 1.98. The number of para-hydroxylation sites is 1. The molecule has 0 heterocycles. The number of anilines is 2. The highest BCUT2D eigenvalue weighted by atomic mass is 35.5. The van der Waals surface area contributed by atoms with Gasteiger partial charge in [0.15, 0.2) is 0 Å². The second-order valence-corrected chi connectivity index (χ2v) is 9.19. The summed E-state index contributed by atoms with van der Waals surface area (Å²) in [4.78, 5) is 12.5. The third-order valence-electron chi connectivity index (χ3n) is 4.32. The number of hydrogen-bond donors (Lipinski definition) is 1. The molecule has 0 aliphatic carbocycles. The van der Waals surface area contributed by atoms with Crippen molar-refractivity contribution < 1.29 is 26.4 Å². The number of alkyl halides is 3. The van der Waals surface area contributed by atoms with Crippen LogP contribution in [-0.2, 0) is 21.0 Å². The third-order valence-corrected chi connectivity index (χ3v) is 6.84. The molecule has 0 saturated carbocycles. The lowest BCUT2D eigenvalue weighted by atomic mass is 10.1. The maximum absolute atomic E-state index is 13.2. The minimum atomic E-state index is -4.70. The summed E-state index contributed by atoms with van der Waals surface area (Å²) in [6.45, 7) is -0.804. The second-order valence-electron chi connectivity index (χ2n) is 6.51. The van der Waals surface area contributed by atoms with E-state index >= 15 is 0 Å².